The Labute approximate surface area is 126 Å². The Morgan fingerprint density at radius 3 is 3.19 bits per heavy atom. The van der Waals surface area contributed by atoms with Crippen LogP contribution in [0.1, 0.15) is 50.4 Å². The summed E-state index contributed by atoms with van der Waals surface area (Å²) >= 11 is 0. The molecule has 2 aliphatic heterocycles. The Bertz CT molecular complexity index is 484. The van der Waals surface area contributed by atoms with E-state index >= 15 is 0 Å². The number of imidazole rings is 1. The van der Waals surface area contributed by atoms with E-state index in [1.807, 2.05) is 0 Å². The number of nitrogens with one attached hydrogen (secondary N) is 2. The van der Waals surface area contributed by atoms with Gasteiger partial charge in [-0.15, -0.1) is 0 Å². The third kappa shape index (κ3) is 3.28. The first-order valence-electron chi connectivity index (χ1n) is 8.31. The number of fused-ring (bicyclic) bond motifs is 1. The normalized spacial score (nSPS) is 26.2. The highest BCUT2D eigenvalue weighted by Crippen LogP contribution is 2.23. The lowest BCUT2D eigenvalue weighted by atomic mass is 9.96. The summed E-state index contributed by atoms with van der Waals surface area (Å²) < 4.78 is 0. The lowest BCUT2D eigenvalue weighted by molar-refractivity contribution is -0.133. The van der Waals surface area contributed by atoms with Gasteiger partial charge in [-0.3, -0.25) is 10.1 Å². The number of aromatic nitrogens is 2. The average molecular weight is 290 g/mol. The molecule has 3 heterocycles. The Balaban J connectivity index is 1.58. The summed E-state index contributed by atoms with van der Waals surface area (Å²) in [5, 5.41) is 3.35. The van der Waals surface area contributed by atoms with Gasteiger partial charge in [0.2, 0.25) is 5.91 Å². The van der Waals surface area contributed by atoms with Crippen LogP contribution in [0.2, 0.25) is 0 Å². The fourth-order valence-corrected chi connectivity index (χ4v) is 3.65. The van der Waals surface area contributed by atoms with Crippen molar-refractivity contribution in [1.82, 2.24) is 20.2 Å². The molecule has 1 aromatic heterocycles. The minimum Gasteiger partial charge on any atom is -0.347 e. The highest BCUT2D eigenvalue weighted by Gasteiger charge is 2.30. The lowest BCUT2D eigenvalue weighted by Gasteiger charge is -2.29. The van der Waals surface area contributed by atoms with E-state index in [1.54, 1.807) is 6.33 Å². The zero-order chi connectivity index (χ0) is 14.7. The molecule has 1 aromatic rings. The van der Waals surface area contributed by atoms with E-state index in [2.05, 4.69) is 27.1 Å². The van der Waals surface area contributed by atoms with Crippen molar-refractivity contribution in [3.05, 3.63) is 17.7 Å². The Morgan fingerprint density at radius 2 is 2.33 bits per heavy atom. The number of likely N-dealkylation sites (tertiary alicyclic amines) is 1. The number of rotatable bonds is 3. The van der Waals surface area contributed by atoms with E-state index < -0.39 is 0 Å². The molecule has 2 aliphatic rings. The van der Waals surface area contributed by atoms with Crippen molar-refractivity contribution in [2.75, 3.05) is 13.1 Å². The Kier molecular flexibility index (Phi) is 4.58. The van der Waals surface area contributed by atoms with Crippen molar-refractivity contribution in [3.63, 3.8) is 0 Å². The molecule has 0 bridgehead atoms. The van der Waals surface area contributed by atoms with Gasteiger partial charge in [-0.05, 0) is 25.2 Å². The molecule has 0 aliphatic carbocycles. The molecule has 21 heavy (non-hydrogen) atoms. The van der Waals surface area contributed by atoms with E-state index in [0.29, 0.717) is 6.42 Å². The molecule has 3 rings (SSSR count). The van der Waals surface area contributed by atoms with Gasteiger partial charge in [-0.25, -0.2) is 4.98 Å². The van der Waals surface area contributed by atoms with Crippen LogP contribution in [-0.2, 0) is 17.8 Å². The number of hydrogen-bond acceptors (Lipinski definition) is 3. The molecular weight excluding hydrogens is 264 g/mol. The van der Waals surface area contributed by atoms with Gasteiger partial charge in [-0.2, -0.15) is 0 Å². The molecule has 2 atom stereocenters. The second-order valence-corrected chi connectivity index (χ2v) is 6.38. The van der Waals surface area contributed by atoms with E-state index in [1.165, 1.54) is 25.7 Å². The van der Waals surface area contributed by atoms with Gasteiger partial charge in [0, 0.05) is 26.1 Å². The molecular formula is C16H26N4O. The van der Waals surface area contributed by atoms with Gasteiger partial charge in [-0.1, -0.05) is 19.8 Å². The van der Waals surface area contributed by atoms with Crippen molar-refractivity contribution in [2.24, 2.45) is 5.92 Å². The molecule has 5 heteroatoms. The molecule has 0 aromatic carbocycles. The lowest BCUT2D eigenvalue weighted by Crippen LogP contribution is -2.49. The van der Waals surface area contributed by atoms with Gasteiger partial charge < -0.3 is 9.88 Å². The largest absolute Gasteiger partial charge is 0.347 e. The monoisotopic (exact) mass is 290 g/mol. The van der Waals surface area contributed by atoms with Crippen LogP contribution < -0.4 is 5.32 Å². The predicted molar refractivity (Wildman–Crippen MR) is 81.7 cm³/mol. The molecule has 2 unspecified atom stereocenters. The highest BCUT2D eigenvalue weighted by atomic mass is 16.2. The first-order valence-corrected chi connectivity index (χ1v) is 8.31. The first-order chi connectivity index (χ1) is 10.3. The number of hydrogen-bond donors (Lipinski definition) is 2. The van der Waals surface area contributed by atoms with E-state index in [-0.39, 0.29) is 11.9 Å². The summed E-state index contributed by atoms with van der Waals surface area (Å²) in [5.74, 6) is 1.07. The topological polar surface area (TPSA) is 61.0 Å². The van der Waals surface area contributed by atoms with Gasteiger partial charge >= 0.3 is 0 Å². The second kappa shape index (κ2) is 6.60. The summed E-state index contributed by atoms with van der Waals surface area (Å²) in [6.45, 7) is 4.82. The zero-order valence-corrected chi connectivity index (χ0v) is 12.9. The zero-order valence-electron chi connectivity index (χ0n) is 12.9. The number of carbonyl (C=O) groups excluding carboxylic acids is 1. The van der Waals surface area contributed by atoms with Crippen molar-refractivity contribution < 1.29 is 4.79 Å². The van der Waals surface area contributed by atoms with Gasteiger partial charge in [0.15, 0.2) is 0 Å². The number of aromatic amines is 1. The molecule has 5 nitrogen and oxygen atoms in total. The first kappa shape index (κ1) is 14.6. The fourth-order valence-electron chi connectivity index (χ4n) is 3.65. The van der Waals surface area contributed by atoms with E-state index in [0.717, 1.165) is 43.4 Å². The predicted octanol–water partition coefficient (Wildman–Crippen LogP) is 1.85. The van der Waals surface area contributed by atoms with Crippen LogP contribution in [0.4, 0.5) is 0 Å². The van der Waals surface area contributed by atoms with Gasteiger partial charge in [0.1, 0.15) is 0 Å². The quantitative estimate of drug-likeness (QED) is 0.893. The van der Waals surface area contributed by atoms with E-state index in [4.69, 9.17) is 0 Å². The molecule has 1 fully saturated rings. The second-order valence-electron chi connectivity index (χ2n) is 6.38. The van der Waals surface area contributed by atoms with Crippen LogP contribution in [0.3, 0.4) is 0 Å². The van der Waals surface area contributed by atoms with Crippen LogP contribution in [0.15, 0.2) is 6.33 Å². The maximum atomic E-state index is 12.7. The van der Waals surface area contributed by atoms with Crippen molar-refractivity contribution in [2.45, 2.75) is 58.0 Å². The van der Waals surface area contributed by atoms with Crippen LogP contribution in [-0.4, -0.2) is 39.9 Å². The summed E-state index contributed by atoms with van der Waals surface area (Å²) in [6.07, 6.45) is 8.59. The van der Waals surface area contributed by atoms with Gasteiger partial charge in [0.25, 0.3) is 0 Å². The fraction of sp³-hybridized carbons (Fsp3) is 0.750. The van der Waals surface area contributed by atoms with Crippen molar-refractivity contribution in [1.29, 1.82) is 0 Å². The van der Waals surface area contributed by atoms with Gasteiger partial charge in [0.05, 0.1) is 23.8 Å². The maximum absolute atomic E-state index is 12.7. The minimum absolute atomic E-state index is 0.0940. The summed E-state index contributed by atoms with van der Waals surface area (Å²) in [7, 11) is 0. The third-order valence-corrected chi connectivity index (χ3v) is 4.88. The molecule has 1 amide bonds. The smallest absolute Gasteiger partial charge is 0.240 e. The van der Waals surface area contributed by atoms with Crippen LogP contribution in [0, 0.1) is 5.92 Å². The molecule has 116 valence electrons. The third-order valence-electron chi connectivity index (χ3n) is 4.88. The minimum atomic E-state index is -0.0940. The molecule has 0 saturated carbocycles. The molecule has 2 N–H and O–H groups in total. The Morgan fingerprint density at radius 1 is 1.43 bits per heavy atom. The van der Waals surface area contributed by atoms with Crippen LogP contribution >= 0.6 is 0 Å². The summed E-state index contributed by atoms with van der Waals surface area (Å²) in [5.41, 5.74) is 2.17. The molecule has 0 radical (unpaired) electrons. The number of amides is 1. The Hall–Kier alpha value is -1.36. The van der Waals surface area contributed by atoms with Crippen LogP contribution in [0.25, 0.3) is 0 Å². The number of nitrogens with zero attached hydrogens (tertiary/aromatic N) is 2. The number of H-pyrrole nitrogens is 1. The van der Waals surface area contributed by atoms with Crippen molar-refractivity contribution >= 4 is 5.91 Å². The SMILES string of the molecule is CCCC1CCCN(C(=O)C2Cc3nc[nH]c3CN2)CC1. The summed E-state index contributed by atoms with van der Waals surface area (Å²) in [4.78, 5) is 22.3. The average Bonchev–Trinajstić information content (AvgIpc) is 2.85. The highest BCUT2D eigenvalue weighted by molar-refractivity contribution is 5.82. The van der Waals surface area contributed by atoms with E-state index in [9.17, 15) is 4.79 Å². The standard InChI is InChI=1S/C16H26N4O/c1-2-4-12-5-3-7-20(8-6-12)16(21)14-9-13-15(10-17-14)19-11-18-13/h11-12,14,17H,2-10H2,1H3,(H,18,19). The maximum Gasteiger partial charge on any atom is 0.240 e. The summed E-state index contributed by atoms with van der Waals surface area (Å²) in [6, 6.07) is -0.0940. The number of carbonyl (C=O) groups is 1. The van der Waals surface area contributed by atoms with Crippen LogP contribution in [0.5, 0.6) is 0 Å². The molecule has 1 saturated heterocycles. The van der Waals surface area contributed by atoms with Crippen molar-refractivity contribution in [3.8, 4) is 0 Å². The molecule has 0 spiro atoms.